The van der Waals surface area contributed by atoms with E-state index >= 15 is 0 Å². The van der Waals surface area contributed by atoms with Crippen molar-refractivity contribution in [2.24, 2.45) is 0 Å². The molecular formula is C12H15BrClN. The van der Waals surface area contributed by atoms with Crippen molar-refractivity contribution < 1.29 is 0 Å². The lowest BCUT2D eigenvalue weighted by Crippen LogP contribution is -2.30. The van der Waals surface area contributed by atoms with Gasteiger partial charge in [0.05, 0.1) is 0 Å². The second kappa shape index (κ2) is 4.86. The first-order valence-corrected chi connectivity index (χ1v) is 6.60. The van der Waals surface area contributed by atoms with E-state index in [1.54, 1.807) is 0 Å². The van der Waals surface area contributed by atoms with Gasteiger partial charge in [0.25, 0.3) is 0 Å². The highest BCUT2D eigenvalue weighted by Gasteiger charge is 2.21. The average Bonchev–Trinajstić information content (AvgIpc) is 2.19. The molecule has 0 amide bonds. The predicted octanol–water partition coefficient (Wildman–Crippen LogP) is 4.09. The molecule has 0 saturated carbocycles. The molecule has 1 aliphatic heterocycles. The molecule has 1 unspecified atom stereocenters. The van der Waals surface area contributed by atoms with Crippen LogP contribution >= 0.6 is 27.5 Å². The van der Waals surface area contributed by atoms with E-state index in [9.17, 15) is 0 Å². The topological polar surface area (TPSA) is 12.0 Å². The number of hydrogen-bond donors (Lipinski definition) is 1. The molecule has 1 atom stereocenters. The lowest BCUT2D eigenvalue weighted by Gasteiger charge is -2.27. The van der Waals surface area contributed by atoms with Gasteiger partial charge in [-0.25, -0.2) is 0 Å². The summed E-state index contributed by atoms with van der Waals surface area (Å²) in [5.41, 5.74) is 2.80. The van der Waals surface area contributed by atoms with E-state index in [0.717, 1.165) is 22.5 Å². The summed E-state index contributed by atoms with van der Waals surface area (Å²) in [6, 6.07) is 4.58. The third-order valence-corrected chi connectivity index (χ3v) is 3.84. The molecule has 0 radical (unpaired) electrons. The second-order valence-electron chi connectivity index (χ2n) is 4.00. The van der Waals surface area contributed by atoms with Gasteiger partial charge in [0.1, 0.15) is 0 Å². The van der Waals surface area contributed by atoms with E-state index in [4.69, 9.17) is 11.6 Å². The number of rotatable bonds is 2. The van der Waals surface area contributed by atoms with Gasteiger partial charge >= 0.3 is 0 Å². The monoisotopic (exact) mass is 287 g/mol. The van der Waals surface area contributed by atoms with Crippen molar-refractivity contribution in [2.45, 2.75) is 32.2 Å². The van der Waals surface area contributed by atoms with Gasteiger partial charge in [0.2, 0.25) is 0 Å². The van der Waals surface area contributed by atoms with Crippen LogP contribution in [0.5, 0.6) is 0 Å². The Hall–Kier alpha value is -0.0500. The Morgan fingerprint density at radius 3 is 3.07 bits per heavy atom. The van der Waals surface area contributed by atoms with Crippen LogP contribution < -0.4 is 5.32 Å². The highest BCUT2D eigenvalue weighted by Crippen LogP contribution is 2.34. The highest BCUT2D eigenvalue weighted by molar-refractivity contribution is 9.10. The number of fused-ring (bicyclic) bond motifs is 1. The molecular weight excluding hydrogens is 273 g/mol. The number of nitrogens with one attached hydrogen (secondary N) is 1. The normalized spacial score (nSPS) is 20.1. The van der Waals surface area contributed by atoms with Crippen molar-refractivity contribution >= 4 is 27.5 Å². The maximum absolute atomic E-state index is 6.09. The quantitative estimate of drug-likeness (QED) is 0.864. The average molecular weight is 289 g/mol. The molecule has 0 aromatic heterocycles. The minimum absolute atomic E-state index is 0.480. The number of halogens is 2. The summed E-state index contributed by atoms with van der Waals surface area (Å²) in [5.74, 6) is 0. The maximum atomic E-state index is 6.09. The van der Waals surface area contributed by atoms with Crippen molar-refractivity contribution in [3.63, 3.8) is 0 Å². The standard InChI is InChI=1S/C12H15BrClN/c1-2-3-12-10-6-8(14)7-11(13)9(10)4-5-15-12/h6-7,12,15H,2-5H2,1H3. The SMILES string of the molecule is CCCC1NCCc2c(Br)cc(Cl)cc21. The first kappa shape index (κ1) is 11.4. The zero-order valence-corrected chi connectivity index (χ0v) is 11.2. The van der Waals surface area contributed by atoms with Crippen molar-refractivity contribution in [1.29, 1.82) is 0 Å². The molecule has 0 saturated heterocycles. The summed E-state index contributed by atoms with van der Waals surface area (Å²) < 4.78 is 1.16. The minimum atomic E-state index is 0.480. The van der Waals surface area contributed by atoms with Crippen LogP contribution in [-0.2, 0) is 6.42 Å². The summed E-state index contributed by atoms with van der Waals surface area (Å²) in [5, 5.41) is 4.38. The largest absolute Gasteiger partial charge is 0.310 e. The van der Waals surface area contributed by atoms with E-state index < -0.39 is 0 Å². The third-order valence-electron chi connectivity index (χ3n) is 2.91. The van der Waals surface area contributed by atoms with E-state index in [1.165, 1.54) is 24.0 Å². The van der Waals surface area contributed by atoms with Gasteiger partial charge in [-0.2, -0.15) is 0 Å². The van der Waals surface area contributed by atoms with Crippen LogP contribution in [0, 0.1) is 0 Å². The Labute approximate surface area is 104 Å². The molecule has 0 fully saturated rings. The van der Waals surface area contributed by atoms with Crippen LogP contribution in [0.2, 0.25) is 5.02 Å². The van der Waals surface area contributed by atoms with E-state index in [0.29, 0.717) is 6.04 Å². The first-order valence-electron chi connectivity index (χ1n) is 5.43. The lowest BCUT2D eigenvalue weighted by atomic mass is 9.92. The Bertz CT molecular complexity index is 365. The Morgan fingerprint density at radius 2 is 2.33 bits per heavy atom. The van der Waals surface area contributed by atoms with Gasteiger partial charge < -0.3 is 5.32 Å². The fourth-order valence-electron chi connectivity index (χ4n) is 2.23. The molecule has 0 aliphatic carbocycles. The number of benzene rings is 1. The first-order chi connectivity index (χ1) is 7.22. The van der Waals surface area contributed by atoms with Crippen molar-refractivity contribution in [3.05, 3.63) is 32.8 Å². The molecule has 82 valence electrons. The summed E-state index contributed by atoms with van der Waals surface area (Å²) in [6.07, 6.45) is 3.47. The Balaban J connectivity index is 2.41. The molecule has 1 aromatic carbocycles. The minimum Gasteiger partial charge on any atom is -0.310 e. The van der Waals surface area contributed by atoms with Crippen molar-refractivity contribution in [3.8, 4) is 0 Å². The molecule has 1 heterocycles. The molecule has 15 heavy (non-hydrogen) atoms. The van der Waals surface area contributed by atoms with Gasteiger partial charge in [0.15, 0.2) is 0 Å². The van der Waals surface area contributed by atoms with Gasteiger partial charge in [-0.3, -0.25) is 0 Å². The molecule has 1 aromatic rings. The van der Waals surface area contributed by atoms with Crippen LogP contribution in [0.25, 0.3) is 0 Å². The molecule has 0 bridgehead atoms. The molecule has 2 rings (SSSR count). The Morgan fingerprint density at radius 1 is 1.53 bits per heavy atom. The van der Waals surface area contributed by atoms with Gasteiger partial charge in [-0.05, 0) is 42.6 Å². The molecule has 0 spiro atoms. The third kappa shape index (κ3) is 2.38. The highest BCUT2D eigenvalue weighted by atomic mass is 79.9. The van der Waals surface area contributed by atoms with Gasteiger partial charge in [-0.1, -0.05) is 40.9 Å². The van der Waals surface area contributed by atoms with E-state index in [1.807, 2.05) is 6.07 Å². The van der Waals surface area contributed by atoms with Crippen LogP contribution in [0.3, 0.4) is 0 Å². The fraction of sp³-hybridized carbons (Fsp3) is 0.500. The van der Waals surface area contributed by atoms with Crippen molar-refractivity contribution in [2.75, 3.05) is 6.54 Å². The lowest BCUT2D eigenvalue weighted by molar-refractivity contribution is 0.470. The zero-order chi connectivity index (χ0) is 10.8. The molecule has 3 heteroatoms. The Kier molecular flexibility index (Phi) is 3.70. The van der Waals surface area contributed by atoms with Crippen LogP contribution in [0.4, 0.5) is 0 Å². The summed E-state index contributed by atoms with van der Waals surface area (Å²) in [7, 11) is 0. The maximum Gasteiger partial charge on any atom is 0.0420 e. The predicted molar refractivity (Wildman–Crippen MR) is 68.5 cm³/mol. The van der Waals surface area contributed by atoms with Crippen LogP contribution in [0.15, 0.2) is 16.6 Å². The summed E-state index contributed by atoms with van der Waals surface area (Å²) in [4.78, 5) is 0. The zero-order valence-electron chi connectivity index (χ0n) is 8.82. The smallest absolute Gasteiger partial charge is 0.0420 e. The van der Waals surface area contributed by atoms with Crippen molar-refractivity contribution in [1.82, 2.24) is 5.32 Å². The summed E-state index contributed by atoms with van der Waals surface area (Å²) in [6.45, 7) is 3.29. The fourth-order valence-corrected chi connectivity index (χ4v) is 3.26. The number of hydrogen-bond acceptors (Lipinski definition) is 1. The molecule has 1 aliphatic rings. The summed E-state index contributed by atoms with van der Waals surface area (Å²) >= 11 is 9.69. The second-order valence-corrected chi connectivity index (χ2v) is 5.29. The van der Waals surface area contributed by atoms with Crippen LogP contribution in [-0.4, -0.2) is 6.54 Å². The van der Waals surface area contributed by atoms with E-state index in [2.05, 4.69) is 34.2 Å². The van der Waals surface area contributed by atoms with Crippen LogP contribution in [0.1, 0.15) is 36.9 Å². The van der Waals surface area contributed by atoms with Gasteiger partial charge in [0, 0.05) is 15.5 Å². The molecule has 1 N–H and O–H groups in total. The molecule has 1 nitrogen and oxygen atoms in total. The van der Waals surface area contributed by atoms with Gasteiger partial charge in [-0.15, -0.1) is 0 Å². The van der Waals surface area contributed by atoms with E-state index in [-0.39, 0.29) is 0 Å².